The Bertz CT molecular complexity index is 1250. The first-order valence-corrected chi connectivity index (χ1v) is 10.0. The van der Waals surface area contributed by atoms with E-state index < -0.39 is 23.5 Å². The zero-order chi connectivity index (χ0) is 23.8. The average molecular weight is 478 g/mol. The van der Waals surface area contributed by atoms with Gasteiger partial charge >= 0.3 is 6.18 Å². The number of hydrogen-bond donors (Lipinski definition) is 1. The Morgan fingerprint density at radius 2 is 1.85 bits per heavy atom. The molecular weight excluding hydrogens is 462 g/mol. The van der Waals surface area contributed by atoms with Crippen molar-refractivity contribution in [1.82, 2.24) is 0 Å². The molecule has 1 amide bonds. The summed E-state index contributed by atoms with van der Waals surface area (Å²) in [5.41, 5.74) is 0.579. The van der Waals surface area contributed by atoms with Crippen molar-refractivity contribution >= 4 is 34.8 Å². The minimum atomic E-state index is -4.51. The van der Waals surface area contributed by atoms with Crippen molar-refractivity contribution < 1.29 is 31.8 Å². The highest BCUT2D eigenvalue weighted by Crippen LogP contribution is 2.39. The van der Waals surface area contributed by atoms with Crippen LogP contribution < -0.4 is 14.8 Å². The van der Waals surface area contributed by atoms with Gasteiger partial charge in [-0.05, 0) is 48.0 Å². The fourth-order valence-corrected chi connectivity index (χ4v) is 3.61. The molecule has 33 heavy (non-hydrogen) atoms. The SMILES string of the molecule is COc1cc(/C=C2/C(=O)Nc3cc(C(F)(F)F)ccc32)ccc1OCc1c(F)cccc1Cl. The van der Waals surface area contributed by atoms with Gasteiger partial charge in [-0.1, -0.05) is 29.8 Å². The van der Waals surface area contributed by atoms with Crippen LogP contribution in [0.2, 0.25) is 5.02 Å². The van der Waals surface area contributed by atoms with E-state index in [-0.39, 0.29) is 28.5 Å². The molecule has 3 aromatic rings. The smallest absolute Gasteiger partial charge is 0.416 e. The fraction of sp³-hybridized carbons (Fsp3) is 0.125. The van der Waals surface area contributed by atoms with Crippen LogP contribution >= 0.6 is 11.6 Å². The topological polar surface area (TPSA) is 47.6 Å². The Hall–Kier alpha value is -3.52. The second kappa shape index (κ2) is 8.78. The van der Waals surface area contributed by atoms with Gasteiger partial charge in [0.2, 0.25) is 0 Å². The zero-order valence-corrected chi connectivity index (χ0v) is 17.9. The summed E-state index contributed by atoms with van der Waals surface area (Å²) in [6, 6.07) is 12.2. The quantitative estimate of drug-likeness (QED) is 0.333. The molecule has 0 radical (unpaired) electrons. The van der Waals surface area contributed by atoms with E-state index in [9.17, 15) is 22.4 Å². The van der Waals surface area contributed by atoms with Crippen LogP contribution in [-0.4, -0.2) is 13.0 Å². The number of hydrogen-bond acceptors (Lipinski definition) is 3. The van der Waals surface area contributed by atoms with Gasteiger partial charge in [-0.15, -0.1) is 0 Å². The molecule has 0 atom stereocenters. The third kappa shape index (κ3) is 4.66. The summed E-state index contributed by atoms with van der Waals surface area (Å²) in [7, 11) is 1.42. The molecule has 0 aliphatic carbocycles. The Morgan fingerprint density at radius 3 is 2.55 bits per heavy atom. The molecule has 9 heteroatoms. The van der Waals surface area contributed by atoms with Crippen LogP contribution in [0.3, 0.4) is 0 Å². The Kier molecular flexibility index (Phi) is 6.03. The van der Waals surface area contributed by atoms with Crippen LogP contribution in [0.1, 0.15) is 22.3 Å². The number of carbonyl (C=O) groups is 1. The Labute approximate surface area is 191 Å². The first kappa shape index (κ1) is 22.7. The summed E-state index contributed by atoms with van der Waals surface area (Å²) >= 11 is 6.02. The van der Waals surface area contributed by atoms with Gasteiger partial charge in [0.15, 0.2) is 11.5 Å². The molecule has 1 aliphatic heterocycles. The minimum absolute atomic E-state index is 0.0924. The van der Waals surface area contributed by atoms with E-state index in [1.54, 1.807) is 24.3 Å². The van der Waals surface area contributed by atoms with Gasteiger partial charge in [-0.2, -0.15) is 13.2 Å². The van der Waals surface area contributed by atoms with Crippen molar-refractivity contribution in [3.63, 3.8) is 0 Å². The average Bonchev–Trinajstić information content (AvgIpc) is 3.07. The minimum Gasteiger partial charge on any atom is -0.493 e. The molecule has 0 aromatic heterocycles. The number of anilines is 1. The van der Waals surface area contributed by atoms with Gasteiger partial charge in [0.25, 0.3) is 5.91 Å². The lowest BCUT2D eigenvalue weighted by Gasteiger charge is -2.13. The Balaban J connectivity index is 1.60. The maximum Gasteiger partial charge on any atom is 0.416 e. The third-order valence-corrected chi connectivity index (χ3v) is 5.42. The van der Waals surface area contributed by atoms with Gasteiger partial charge < -0.3 is 14.8 Å². The highest BCUT2D eigenvalue weighted by atomic mass is 35.5. The molecule has 0 saturated heterocycles. The summed E-state index contributed by atoms with van der Waals surface area (Å²) in [5, 5.41) is 2.69. The van der Waals surface area contributed by atoms with E-state index in [1.165, 1.54) is 31.4 Å². The summed E-state index contributed by atoms with van der Waals surface area (Å²) < 4.78 is 63.8. The molecule has 4 nitrogen and oxygen atoms in total. The maximum absolute atomic E-state index is 14.0. The first-order valence-electron chi connectivity index (χ1n) is 9.66. The van der Waals surface area contributed by atoms with Crippen LogP contribution in [0.5, 0.6) is 11.5 Å². The molecule has 4 rings (SSSR count). The van der Waals surface area contributed by atoms with Crippen molar-refractivity contribution in [3.8, 4) is 11.5 Å². The summed E-state index contributed by atoms with van der Waals surface area (Å²) in [4.78, 5) is 12.4. The van der Waals surface area contributed by atoms with Crippen molar-refractivity contribution in [2.45, 2.75) is 12.8 Å². The lowest BCUT2D eigenvalue weighted by Crippen LogP contribution is -2.06. The fourth-order valence-electron chi connectivity index (χ4n) is 3.39. The van der Waals surface area contributed by atoms with Crippen LogP contribution in [0, 0.1) is 5.82 Å². The number of fused-ring (bicyclic) bond motifs is 1. The predicted octanol–water partition coefficient (Wildman–Crippen LogP) is 6.58. The number of ether oxygens (including phenoxy) is 2. The molecule has 1 heterocycles. The summed E-state index contributed by atoms with van der Waals surface area (Å²) in [5.74, 6) is -0.367. The molecule has 0 fully saturated rings. The molecule has 0 unspecified atom stereocenters. The van der Waals surface area contributed by atoms with E-state index in [0.29, 0.717) is 22.6 Å². The summed E-state index contributed by atoms with van der Waals surface area (Å²) in [6.45, 7) is -0.125. The molecule has 3 aromatic carbocycles. The number of rotatable bonds is 5. The highest BCUT2D eigenvalue weighted by molar-refractivity contribution is 6.35. The van der Waals surface area contributed by atoms with Gasteiger partial charge in [-0.3, -0.25) is 4.79 Å². The van der Waals surface area contributed by atoms with E-state index in [4.69, 9.17) is 21.1 Å². The molecule has 1 aliphatic rings. The van der Waals surface area contributed by atoms with Crippen molar-refractivity contribution in [3.05, 3.63) is 87.7 Å². The van der Waals surface area contributed by atoms with E-state index in [1.807, 2.05) is 0 Å². The van der Waals surface area contributed by atoms with Crippen LogP contribution in [0.25, 0.3) is 11.6 Å². The number of alkyl halides is 3. The standard InChI is InChI=1S/C24H16ClF4NO3/c1-32-22-10-13(5-8-21(22)33-12-17-18(25)3-2-4-19(17)26)9-16-15-7-6-14(24(27,28)29)11-20(15)30-23(16)31/h2-11H,12H2,1H3,(H,30,31)/b16-9+. The first-order chi connectivity index (χ1) is 15.7. The lowest BCUT2D eigenvalue weighted by molar-refractivity contribution is -0.137. The predicted molar refractivity (Wildman–Crippen MR) is 117 cm³/mol. The molecule has 0 saturated carbocycles. The second-order valence-electron chi connectivity index (χ2n) is 7.17. The van der Waals surface area contributed by atoms with E-state index in [0.717, 1.165) is 12.1 Å². The molecule has 0 bridgehead atoms. The highest BCUT2D eigenvalue weighted by Gasteiger charge is 2.33. The van der Waals surface area contributed by atoms with E-state index in [2.05, 4.69) is 5.32 Å². The normalized spacial score (nSPS) is 14.2. The summed E-state index contributed by atoms with van der Waals surface area (Å²) in [6.07, 6.45) is -2.98. The van der Waals surface area contributed by atoms with Crippen LogP contribution in [0.15, 0.2) is 54.6 Å². The van der Waals surface area contributed by atoms with Crippen molar-refractivity contribution in [2.24, 2.45) is 0 Å². The number of methoxy groups -OCH3 is 1. The van der Waals surface area contributed by atoms with Crippen LogP contribution in [0.4, 0.5) is 23.2 Å². The monoisotopic (exact) mass is 477 g/mol. The lowest BCUT2D eigenvalue weighted by atomic mass is 10.0. The third-order valence-electron chi connectivity index (χ3n) is 5.06. The number of halogens is 5. The van der Waals surface area contributed by atoms with E-state index >= 15 is 0 Å². The number of nitrogens with one attached hydrogen (secondary N) is 1. The zero-order valence-electron chi connectivity index (χ0n) is 17.1. The second-order valence-corrected chi connectivity index (χ2v) is 7.58. The molecular formula is C24H16ClF4NO3. The Morgan fingerprint density at radius 1 is 1.06 bits per heavy atom. The van der Waals surface area contributed by atoms with Gasteiger partial charge in [0, 0.05) is 22.4 Å². The molecule has 1 N–H and O–H groups in total. The molecule has 170 valence electrons. The van der Waals surface area contributed by atoms with Crippen molar-refractivity contribution in [1.29, 1.82) is 0 Å². The van der Waals surface area contributed by atoms with Gasteiger partial charge in [-0.25, -0.2) is 4.39 Å². The number of amides is 1. The molecule has 0 spiro atoms. The van der Waals surface area contributed by atoms with Gasteiger partial charge in [0.1, 0.15) is 12.4 Å². The van der Waals surface area contributed by atoms with Crippen LogP contribution in [-0.2, 0) is 17.6 Å². The number of benzene rings is 3. The van der Waals surface area contributed by atoms with Crippen molar-refractivity contribution in [2.75, 3.05) is 12.4 Å². The number of carbonyl (C=O) groups excluding carboxylic acids is 1. The van der Waals surface area contributed by atoms with Gasteiger partial charge in [0.05, 0.1) is 17.7 Å². The maximum atomic E-state index is 14.0. The largest absolute Gasteiger partial charge is 0.493 e.